The largest absolute Gasteiger partial charge is 0.356 e. The van der Waals surface area contributed by atoms with Gasteiger partial charge in [-0.05, 0) is 101 Å². The molecule has 0 saturated heterocycles. The maximum atomic E-state index is 3.69. The van der Waals surface area contributed by atoms with E-state index in [4.69, 9.17) is 0 Å². The fraction of sp³-hybridized carbons (Fsp3) is 0.421. The standard InChI is InChI=1S/C38H50N2/c1-26-23-30(38(9,10)11)24-27(2)35(26)40(33-21-17-29(18-22-33)37(6,7)8)34-14-12-13-32(25-34)39-31-19-15-28(16-20-31)36(3,4)5/h13,15-25,39H,12,14H2,1-11H3. The second-order valence-corrected chi connectivity index (χ2v) is 14.6. The van der Waals surface area contributed by atoms with Crippen molar-refractivity contribution < 1.29 is 0 Å². The van der Waals surface area contributed by atoms with Gasteiger partial charge < -0.3 is 10.2 Å². The molecule has 40 heavy (non-hydrogen) atoms. The van der Waals surface area contributed by atoms with Crippen LogP contribution >= 0.6 is 0 Å². The van der Waals surface area contributed by atoms with E-state index in [1.54, 1.807) is 0 Å². The summed E-state index contributed by atoms with van der Waals surface area (Å²) >= 11 is 0. The molecule has 1 N–H and O–H groups in total. The Morgan fingerprint density at radius 3 is 1.57 bits per heavy atom. The summed E-state index contributed by atoms with van der Waals surface area (Å²) < 4.78 is 0. The normalized spacial score (nSPS) is 14.5. The number of anilines is 3. The average molecular weight is 535 g/mol. The van der Waals surface area contributed by atoms with E-state index in [1.807, 2.05) is 0 Å². The fourth-order valence-electron chi connectivity index (χ4n) is 5.46. The van der Waals surface area contributed by atoms with Crippen LogP contribution < -0.4 is 10.2 Å². The van der Waals surface area contributed by atoms with E-state index < -0.39 is 0 Å². The van der Waals surface area contributed by atoms with Crippen LogP contribution in [0.25, 0.3) is 0 Å². The molecule has 2 heteroatoms. The lowest BCUT2D eigenvalue weighted by Gasteiger charge is -2.34. The van der Waals surface area contributed by atoms with Gasteiger partial charge in [-0.15, -0.1) is 0 Å². The lowest BCUT2D eigenvalue weighted by molar-refractivity contribution is 0.589. The van der Waals surface area contributed by atoms with Gasteiger partial charge in [-0.1, -0.05) is 105 Å². The first-order valence-electron chi connectivity index (χ1n) is 14.8. The molecule has 4 rings (SSSR count). The Kier molecular flexibility index (Phi) is 8.14. The Morgan fingerprint density at radius 1 is 0.625 bits per heavy atom. The summed E-state index contributed by atoms with van der Waals surface area (Å²) in [4.78, 5) is 2.50. The maximum absolute atomic E-state index is 3.69. The first-order valence-corrected chi connectivity index (χ1v) is 14.8. The van der Waals surface area contributed by atoms with Crippen LogP contribution in [-0.2, 0) is 16.2 Å². The van der Waals surface area contributed by atoms with Crippen molar-refractivity contribution in [3.8, 4) is 0 Å². The molecular formula is C38H50N2. The second kappa shape index (κ2) is 11.0. The van der Waals surface area contributed by atoms with E-state index in [-0.39, 0.29) is 16.2 Å². The first-order chi connectivity index (χ1) is 18.5. The van der Waals surface area contributed by atoms with Gasteiger partial charge in [0.1, 0.15) is 0 Å². The van der Waals surface area contributed by atoms with Crippen molar-refractivity contribution in [2.45, 2.75) is 105 Å². The van der Waals surface area contributed by atoms with Crippen molar-refractivity contribution in [1.82, 2.24) is 0 Å². The summed E-state index contributed by atoms with van der Waals surface area (Å²) in [5, 5.41) is 3.69. The highest BCUT2D eigenvalue weighted by molar-refractivity contribution is 5.75. The average Bonchev–Trinajstić information content (AvgIpc) is 2.85. The minimum absolute atomic E-state index is 0.111. The number of allylic oxidation sites excluding steroid dienone is 3. The van der Waals surface area contributed by atoms with Gasteiger partial charge in [0, 0.05) is 22.8 Å². The van der Waals surface area contributed by atoms with Gasteiger partial charge >= 0.3 is 0 Å². The predicted molar refractivity (Wildman–Crippen MR) is 176 cm³/mol. The highest BCUT2D eigenvalue weighted by Gasteiger charge is 2.24. The highest BCUT2D eigenvalue weighted by atomic mass is 15.2. The number of hydrogen-bond acceptors (Lipinski definition) is 2. The van der Waals surface area contributed by atoms with Crippen molar-refractivity contribution in [3.63, 3.8) is 0 Å². The van der Waals surface area contributed by atoms with Crippen LogP contribution in [0, 0.1) is 13.8 Å². The summed E-state index contributed by atoms with van der Waals surface area (Å²) in [6.07, 6.45) is 6.66. The predicted octanol–water partition coefficient (Wildman–Crippen LogP) is 11.0. The van der Waals surface area contributed by atoms with Crippen LogP contribution in [0.15, 0.2) is 84.2 Å². The molecule has 0 bridgehead atoms. The quantitative estimate of drug-likeness (QED) is 0.350. The van der Waals surface area contributed by atoms with Crippen molar-refractivity contribution in [1.29, 1.82) is 0 Å². The van der Waals surface area contributed by atoms with Gasteiger partial charge in [-0.3, -0.25) is 0 Å². The molecule has 0 aliphatic heterocycles. The summed E-state index contributed by atoms with van der Waals surface area (Å²) in [7, 11) is 0. The zero-order valence-electron chi connectivity index (χ0n) is 26.8. The maximum Gasteiger partial charge on any atom is 0.0516 e. The Hall–Kier alpha value is -3.26. The van der Waals surface area contributed by atoms with Crippen LogP contribution in [0.1, 0.15) is 103 Å². The minimum atomic E-state index is 0.111. The van der Waals surface area contributed by atoms with E-state index >= 15 is 0 Å². The van der Waals surface area contributed by atoms with E-state index in [2.05, 4.69) is 159 Å². The van der Waals surface area contributed by atoms with Crippen LogP contribution in [0.5, 0.6) is 0 Å². The number of benzene rings is 3. The highest BCUT2D eigenvalue weighted by Crippen LogP contribution is 2.41. The minimum Gasteiger partial charge on any atom is -0.356 e. The Bertz CT molecular complexity index is 1370. The lowest BCUT2D eigenvalue weighted by Crippen LogP contribution is -2.22. The van der Waals surface area contributed by atoms with Gasteiger partial charge in [0.05, 0.1) is 5.69 Å². The zero-order valence-corrected chi connectivity index (χ0v) is 26.8. The van der Waals surface area contributed by atoms with Crippen molar-refractivity contribution in [2.24, 2.45) is 0 Å². The van der Waals surface area contributed by atoms with E-state index in [0.29, 0.717) is 0 Å². The molecule has 1 aliphatic carbocycles. The molecule has 2 nitrogen and oxygen atoms in total. The molecule has 0 atom stereocenters. The Balaban J connectivity index is 1.76. The Labute approximate surface area is 244 Å². The topological polar surface area (TPSA) is 15.3 Å². The molecule has 0 radical (unpaired) electrons. The first kappa shape index (κ1) is 29.7. The second-order valence-electron chi connectivity index (χ2n) is 14.6. The lowest BCUT2D eigenvalue weighted by atomic mass is 9.84. The number of rotatable bonds is 5. The molecule has 0 aromatic heterocycles. The number of nitrogens with zero attached hydrogens (tertiary/aromatic N) is 1. The van der Waals surface area contributed by atoms with Crippen molar-refractivity contribution in [3.05, 3.63) is 112 Å². The van der Waals surface area contributed by atoms with Gasteiger partial charge in [0.2, 0.25) is 0 Å². The molecule has 0 amide bonds. The molecule has 0 heterocycles. The summed E-state index contributed by atoms with van der Waals surface area (Å²) in [6.45, 7) is 25.0. The summed E-state index contributed by atoms with van der Waals surface area (Å²) in [5.41, 5.74) is 13.2. The molecule has 3 aromatic carbocycles. The van der Waals surface area contributed by atoms with Gasteiger partial charge in [0.15, 0.2) is 0 Å². The van der Waals surface area contributed by atoms with E-state index in [1.165, 1.54) is 44.9 Å². The SMILES string of the molecule is Cc1cc(C(C)(C)C)cc(C)c1N(C1=CC(Nc2ccc(C(C)(C)C)cc2)=CCC1)c1ccc(C(C)(C)C)cc1. The number of nitrogens with one attached hydrogen (secondary N) is 1. The molecule has 0 fully saturated rings. The molecular weight excluding hydrogens is 484 g/mol. The van der Waals surface area contributed by atoms with Crippen LogP contribution in [0.2, 0.25) is 0 Å². The third kappa shape index (κ3) is 6.72. The van der Waals surface area contributed by atoms with E-state index in [9.17, 15) is 0 Å². The summed E-state index contributed by atoms with van der Waals surface area (Å²) in [6, 6.07) is 22.8. The van der Waals surface area contributed by atoms with Crippen molar-refractivity contribution >= 4 is 17.1 Å². The fourth-order valence-corrected chi connectivity index (χ4v) is 5.46. The molecule has 3 aromatic rings. The smallest absolute Gasteiger partial charge is 0.0516 e. The molecule has 0 spiro atoms. The number of hydrogen-bond donors (Lipinski definition) is 1. The molecule has 1 aliphatic rings. The molecule has 0 unspecified atom stereocenters. The molecule has 212 valence electrons. The van der Waals surface area contributed by atoms with Gasteiger partial charge in [-0.2, -0.15) is 0 Å². The van der Waals surface area contributed by atoms with Crippen LogP contribution in [0.4, 0.5) is 17.1 Å². The van der Waals surface area contributed by atoms with Crippen LogP contribution in [0.3, 0.4) is 0 Å². The third-order valence-corrected chi connectivity index (χ3v) is 7.99. The van der Waals surface area contributed by atoms with Crippen LogP contribution in [-0.4, -0.2) is 0 Å². The van der Waals surface area contributed by atoms with Gasteiger partial charge in [-0.25, -0.2) is 0 Å². The Morgan fingerprint density at radius 2 is 1.10 bits per heavy atom. The monoisotopic (exact) mass is 534 g/mol. The van der Waals surface area contributed by atoms with Crippen molar-refractivity contribution in [2.75, 3.05) is 10.2 Å². The number of aryl methyl sites for hydroxylation is 2. The summed E-state index contributed by atoms with van der Waals surface area (Å²) in [5.74, 6) is 0. The third-order valence-electron chi connectivity index (χ3n) is 7.99. The zero-order chi connectivity index (χ0) is 29.5. The molecule has 0 saturated carbocycles. The van der Waals surface area contributed by atoms with Gasteiger partial charge in [0.25, 0.3) is 0 Å². The van der Waals surface area contributed by atoms with E-state index in [0.717, 1.165) is 24.2 Å².